The van der Waals surface area contributed by atoms with Crippen LogP contribution in [0, 0.1) is 20.8 Å². The van der Waals surface area contributed by atoms with Crippen LogP contribution in [0.4, 0.5) is 4.79 Å². The molecule has 0 saturated heterocycles. The van der Waals surface area contributed by atoms with E-state index in [1.54, 1.807) is 37.3 Å². The number of carboxylic acids is 1. The molecule has 1 N–H and O–H groups in total. The third-order valence-corrected chi connectivity index (χ3v) is 5.00. The molecule has 0 radical (unpaired) electrons. The SMILES string of the molecule is Cc1ccc(OC(=O)N(CC(=O)O)Cc2ccc3oc(Cc4nc(C)oc4C)nc3c2)cc1. The normalized spacial score (nSPS) is 11.0. The number of aliphatic carboxylic acids is 1. The number of carboxylic acid groups (broad SMARTS) is 1. The van der Waals surface area contributed by atoms with Crippen molar-refractivity contribution in [2.24, 2.45) is 0 Å². The lowest BCUT2D eigenvalue weighted by Crippen LogP contribution is -2.37. The molecule has 0 spiro atoms. The number of nitrogens with zero attached hydrogens (tertiary/aromatic N) is 3. The molecule has 0 unspecified atom stereocenters. The summed E-state index contributed by atoms with van der Waals surface area (Å²) in [5.74, 6) is 0.985. The number of hydrogen-bond donors (Lipinski definition) is 1. The van der Waals surface area contributed by atoms with Crippen molar-refractivity contribution >= 4 is 23.2 Å². The van der Waals surface area contributed by atoms with Gasteiger partial charge in [0, 0.05) is 13.5 Å². The fourth-order valence-electron chi connectivity index (χ4n) is 3.41. The van der Waals surface area contributed by atoms with Crippen LogP contribution in [0.25, 0.3) is 11.1 Å². The van der Waals surface area contributed by atoms with E-state index in [4.69, 9.17) is 13.6 Å². The van der Waals surface area contributed by atoms with Gasteiger partial charge in [0.25, 0.3) is 0 Å². The monoisotopic (exact) mass is 449 g/mol. The molecule has 0 saturated carbocycles. The molecule has 2 aromatic carbocycles. The predicted octanol–water partition coefficient (Wildman–Crippen LogP) is 4.42. The zero-order valence-electron chi connectivity index (χ0n) is 18.5. The van der Waals surface area contributed by atoms with Crippen molar-refractivity contribution in [3.05, 3.63) is 76.8 Å². The number of aromatic nitrogens is 2. The van der Waals surface area contributed by atoms with Gasteiger partial charge in [-0.2, -0.15) is 0 Å². The van der Waals surface area contributed by atoms with E-state index in [-0.39, 0.29) is 6.54 Å². The van der Waals surface area contributed by atoms with Crippen molar-refractivity contribution in [2.45, 2.75) is 33.7 Å². The first-order valence-electron chi connectivity index (χ1n) is 10.3. The van der Waals surface area contributed by atoms with Crippen molar-refractivity contribution in [3.8, 4) is 5.75 Å². The van der Waals surface area contributed by atoms with Crippen molar-refractivity contribution < 1.29 is 28.3 Å². The predicted molar refractivity (Wildman–Crippen MR) is 118 cm³/mol. The van der Waals surface area contributed by atoms with Crippen LogP contribution in [0.15, 0.2) is 51.3 Å². The minimum atomic E-state index is -1.14. The maximum absolute atomic E-state index is 12.6. The van der Waals surface area contributed by atoms with E-state index >= 15 is 0 Å². The van der Waals surface area contributed by atoms with Crippen LogP contribution in [0.5, 0.6) is 5.75 Å². The molecule has 2 heterocycles. The molecule has 33 heavy (non-hydrogen) atoms. The van der Waals surface area contributed by atoms with Gasteiger partial charge in [-0.3, -0.25) is 9.69 Å². The zero-order chi connectivity index (χ0) is 23.5. The highest BCUT2D eigenvalue weighted by Crippen LogP contribution is 2.22. The molecule has 0 aliphatic heterocycles. The maximum Gasteiger partial charge on any atom is 0.416 e. The van der Waals surface area contributed by atoms with Crippen molar-refractivity contribution in [1.29, 1.82) is 0 Å². The van der Waals surface area contributed by atoms with E-state index in [1.165, 1.54) is 0 Å². The summed E-state index contributed by atoms with van der Waals surface area (Å²) in [6.07, 6.45) is -0.361. The highest BCUT2D eigenvalue weighted by molar-refractivity contribution is 5.78. The Balaban J connectivity index is 1.51. The average molecular weight is 449 g/mol. The van der Waals surface area contributed by atoms with Crippen LogP contribution in [0.1, 0.15) is 34.4 Å². The molecule has 0 bridgehead atoms. The third kappa shape index (κ3) is 5.38. The van der Waals surface area contributed by atoms with Crippen LogP contribution in [0.2, 0.25) is 0 Å². The number of ether oxygens (including phenoxy) is 1. The smallest absolute Gasteiger partial charge is 0.416 e. The van der Waals surface area contributed by atoms with E-state index in [0.717, 1.165) is 16.2 Å². The van der Waals surface area contributed by atoms with Crippen LogP contribution >= 0.6 is 0 Å². The summed E-state index contributed by atoms with van der Waals surface area (Å²) >= 11 is 0. The largest absolute Gasteiger partial charge is 0.480 e. The molecule has 170 valence electrons. The van der Waals surface area contributed by atoms with Gasteiger partial charge in [0.15, 0.2) is 11.5 Å². The molecule has 9 nitrogen and oxygen atoms in total. The standard InChI is InChI=1S/C24H23N3O6/c1-14-4-7-18(8-5-14)32-24(30)27(13-23(28)29)12-17-6-9-21-20(10-17)26-22(33-21)11-19-15(2)31-16(3)25-19/h4-10H,11-13H2,1-3H3,(H,28,29). The zero-order valence-corrected chi connectivity index (χ0v) is 18.5. The Morgan fingerprint density at radius 3 is 2.45 bits per heavy atom. The number of oxazole rings is 2. The Bertz CT molecular complexity index is 1310. The third-order valence-electron chi connectivity index (χ3n) is 5.00. The van der Waals surface area contributed by atoms with Gasteiger partial charge in [-0.15, -0.1) is 0 Å². The molecule has 9 heteroatoms. The van der Waals surface area contributed by atoms with E-state index < -0.39 is 18.6 Å². The van der Waals surface area contributed by atoms with Gasteiger partial charge in [-0.25, -0.2) is 14.8 Å². The summed E-state index contributed by atoms with van der Waals surface area (Å²) in [5.41, 5.74) is 3.65. The molecule has 2 aromatic heterocycles. The quantitative estimate of drug-likeness (QED) is 0.440. The number of amides is 1. The molecule has 0 fully saturated rings. The van der Waals surface area contributed by atoms with Gasteiger partial charge in [-0.1, -0.05) is 23.8 Å². The van der Waals surface area contributed by atoms with Gasteiger partial charge in [0.1, 0.15) is 23.6 Å². The second kappa shape index (κ2) is 9.15. The van der Waals surface area contributed by atoms with E-state index in [9.17, 15) is 14.7 Å². The van der Waals surface area contributed by atoms with Crippen LogP contribution in [-0.2, 0) is 17.8 Å². The van der Waals surface area contributed by atoms with E-state index in [0.29, 0.717) is 46.4 Å². The highest BCUT2D eigenvalue weighted by atomic mass is 16.6. The van der Waals surface area contributed by atoms with Crippen LogP contribution < -0.4 is 4.74 Å². The fourth-order valence-corrected chi connectivity index (χ4v) is 3.41. The Morgan fingerprint density at radius 1 is 1.03 bits per heavy atom. The Labute approximate surface area is 189 Å². The number of fused-ring (bicyclic) bond motifs is 1. The average Bonchev–Trinajstić information content (AvgIpc) is 3.30. The highest BCUT2D eigenvalue weighted by Gasteiger charge is 2.20. The Kier molecular flexibility index (Phi) is 6.12. The topological polar surface area (TPSA) is 119 Å². The van der Waals surface area contributed by atoms with Gasteiger partial charge < -0.3 is 18.7 Å². The molecule has 4 rings (SSSR count). The van der Waals surface area contributed by atoms with Gasteiger partial charge in [-0.05, 0) is 43.7 Å². The summed E-state index contributed by atoms with van der Waals surface area (Å²) in [5, 5.41) is 9.26. The summed E-state index contributed by atoms with van der Waals surface area (Å²) in [6, 6.07) is 12.2. The number of carbonyl (C=O) groups excluding carboxylic acids is 1. The Morgan fingerprint density at radius 2 is 1.79 bits per heavy atom. The first-order valence-corrected chi connectivity index (χ1v) is 10.3. The molecule has 4 aromatic rings. The Hall–Kier alpha value is -4.14. The summed E-state index contributed by atoms with van der Waals surface area (Å²) in [4.78, 5) is 33.9. The number of aryl methyl sites for hydroxylation is 3. The van der Waals surface area contributed by atoms with Crippen molar-refractivity contribution in [3.63, 3.8) is 0 Å². The lowest BCUT2D eigenvalue weighted by molar-refractivity contribution is -0.138. The van der Waals surface area contributed by atoms with Crippen LogP contribution in [0.3, 0.4) is 0 Å². The summed E-state index contributed by atoms with van der Waals surface area (Å²) < 4.78 is 16.6. The van der Waals surface area contributed by atoms with Gasteiger partial charge in [0.2, 0.25) is 5.89 Å². The number of benzene rings is 2. The molecular weight excluding hydrogens is 426 g/mol. The minimum absolute atomic E-state index is 0.0384. The molecule has 0 atom stereocenters. The summed E-state index contributed by atoms with van der Waals surface area (Å²) in [7, 11) is 0. The molecule has 0 aliphatic rings. The van der Waals surface area contributed by atoms with Crippen LogP contribution in [-0.4, -0.2) is 38.6 Å². The fraction of sp³-hybridized carbons (Fsp3) is 0.250. The molecule has 0 aliphatic carbocycles. The van der Waals surface area contributed by atoms with E-state index in [2.05, 4.69) is 9.97 Å². The lowest BCUT2D eigenvalue weighted by atomic mass is 10.2. The molecular formula is C24H23N3O6. The number of rotatable bonds is 7. The lowest BCUT2D eigenvalue weighted by Gasteiger charge is -2.20. The van der Waals surface area contributed by atoms with Gasteiger partial charge >= 0.3 is 12.1 Å². The van der Waals surface area contributed by atoms with Crippen molar-refractivity contribution in [1.82, 2.24) is 14.9 Å². The van der Waals surface area contributed by atoms with Crippen molar-refractivity contribution in [2.75, 3.05) is 6.54 Å². The molecule has 1 amide bonds. The van der Waals surface area contributed by atoms with Gasteiger partial charge in [0.05, 0.1) is 12.1 Å². The number of hydrogen-bond acceptors (Lipinski definition) is 7. The minimum Gasteiger partial charge on any atom is -0.480 e. The van der Waals surface area contributed by atoms with E-state index in [1.807, 2.05) is 26.0 Å². The second-order valence-electron chi connectivity index (χ2n) is 7.75. The maximum atomic E-state index is 12.6. The first kappa shape index (κ1) is 22.1. The summed E-state index contributed by atoms with van der Waals surface area (Å²) in [6.45, 7) is 5.07. The second-order valence-corrected chi connectivity index (χ2v) is 7.75. The number of carbonyl (C=O) groups is 2. The first-order chi connectivity index (χ1) is 15.8.